The highest BCUT2D eigenvalue weighted by atomic mass is 35.5. The summed E-state index contributed by atoms with van der Waals surface area (Å²) in [5, 5.41) is 9.49. The molecule has 0 amide bonds. The molecule has 4 fully saturated rings. The maximum absolute atomic E-state index is 6.48. The van der Waals surface area contributed by atoms with E-state index in [2.05, 4.69) is 26.1 Å². The van der Waals surface area contributed by atoms with Crippen LogP contribution in [0.5, 0.6) is 0 Å². The number of aromatic nitrogens is 3. The molecule has 156 valence electrons. The van der Waals surface area contributed by atoms with Gasteiger partial charge in [-0.15, -0.1) is 5.10 Å². The third-order valence-corrected chi connectivity index (χ3v) is 7.48. The lowest BCUT2D eigenvalue weighted by atomic mass is 9.77. The predicted octanol–water partition coefficient (Wildman–Crippen LogP) is 4.28. The molecule has 3 aliphatic carbocycles. The van der Waals surface area contributed by atoms with Gasteiger partial charge in [-0.1, -0.05) is 5.21 Å². The molecule has 3 saturated carbocycles. The minimum Gasteiger partial charge on any atom is -0.448 e. The number of halogens is 1. The molecule has 6 rings (SSSR count). The largest absolute Gasteiger partial charge is 0.448 e. The molecule has 2 aromatic heterocycles. The van der Waals surface area contributed by atoms with Crippen molar-refractivity contribution in [3.63, 3.8) is 0 Å². The highest BCUT2D eigenvalue weighted by molar-refractivity contribution is 6.28. The summed E-state index contributed by atoms with van der Waals surface area (Å²) in [4.78, 5) is 2.52. The van der Waals surface area contributed by atoms with Crippen LogP contribution in [0.15, 0.2) is 22.7 Å². The zero-order chi connectivity index (χ0) is 19.4. The van der Waals surface area contributed by atoms with Gasteiger partial charge in [-0.3, -0.25) is 4.90 Å². The van der Waals surface area contributed by atoms with E-state index in [0.29, 0.717) is 29.0 Å². The van der Waals surface area contributed by atoms with Crippen LogP contribution >= 0.6 is 11.6 Å². The molecule has 6 nitrogen and oxygen atoms in total. The van der Waals surface area contributed by atoms with Gasteiger partial charge in [-0.25, -0.2) is 4.68 Å². The SMILES string of the molecule is Clc1ccc(CN2C[C@H]3C[C@@H](n4cc(C5CC5)nn4)[C@H](OCC4CC4)C[C@H]3C2)o1. The van der Waals surface area contributed by atoms with Gasteiger partial charge in [0.2, 0.25) is 0 Å². The van der Waals surface area contributed by atoms with E-state index in [4.69, 9.17) is 20.8 Å². The summed E-state index contributed by atoms with van der Waals surface area (Å²) < 4.78 is 14.2. The fourth-order valence-electron chi connectivity index (χ4n) is 5.29. The van der Waals surface area contributed by atoms with Crippen LogP contribution in [0.4, 0.5) is 0 Å². The van der Waals surface area contributed by atoms with Crippen LogP contribution < -0.4 is 0 Å². The second-order valence-electron chi connectivity index (χ2n) is 9.67. The molecule has 0 radical (unpaired) electrons. The summed E-state index contributed by atoms with van der Waals surface area (Å²) >= 11 is 5.95. The van der Waals surface area contributed by atoms with Crippen LogP contribution in [-0.2, 0) is 11.3 Å². The fourth-order valence-corrected chi connectivity index (χ4v) is 5.46. The van der Waals surface area contributed by atoms with Gasteiger partial charge in [0.25, 0.3) is 0 Å². The first kappa shape index (κ1) is 18.4. The molecule has 0 N–H and O–H groups in total. The third kappa shape index (κ3) is 3.99. The number of fused-ring (bicyclic) bond motifs is 1. The summed E-state index contributed by atoms with van der Waals surface area (Å²) in [5.41, 5.74) is 1.18. The zero-order valence-electron chi connectivity index (χ0n) is 16.8. The van der Waals surface area contributed by atoms with E-state index in [1.807, 2.05) is 12.1 Å². The topological polar surface area (TPSA) is 56.3 Å². The smallest absolute Gasteiger partial charge is 0.193 e. The van der Waals surface area contributed by atoms with E-state index in [-0.39, 0.29) is 6.10 Å². The Hall–Kier alpha value is -1.37. The standard InChI is InChI=1S/C22H29ClN4O2/c23-22-6-5-18(29-22)11-26-9-16-7-20(27-12-19(24-25-27)15-3-4-15)21(8-17(16)10-26)28-13-14-1-2-14/h5-6,12,14-17,20-21H,1-4,7-11,13H2/t16-,17+,20-,21-/m1/s1. The minimum absolute atomic E-state index is 0.253. The molecular formula is C22H29ClN4O2. The van der Waals surface area contributed by atoms with Crippen LogP contribution in [0, 0.1) is 17.8 Å². The summed E-state index contributed by atoms with van der Waals surface area (Å²) in [6.07, 6.45) is 9.90. The second-order valence-corrected chi connectivity index (χ2v) is 10.0. The molecule has 4 aliphatic rings. The van der Waals surface area contributed by atoms with Crippen molar-refractivity contribution in [3.8, 4) is 0 Å². The Kier molecular flexibility index (Phi) is 4.69. The van der Waals surface area contributed by atoms with Gasteiger partial charge in [0, 0.05) is 31.8 Å². The average molecular weight is 417 g/mol. The van der Waals surface area contributed by atoms with Crippen molar-refractivity contribution < 1.29 is 9.15 Å². The van der Waals surface area contributed by atoms with E-state index in [1.54, 1.807) is 0 Å². The number of hydrogen-bond donors (Lipinski definition) is 0. The predicted molar refractivity (Wildman–Crippen MR) is 109 cm³/mol. The molecule has 3 heterocycles. The van der Waals surface area contributed by atoms with E-state index < -0.39 is 0 Å². The second kappa shape index (κ2) is 7.40. The van der Waals surface area contributed by atoms with E-state index in [1.165, 1.54) is 31.4 Å². The van der Waals surface area contributed by atoms with Gasteiger partial charge in [0.05, 0.1) is 24.4 Å². The number of rotatable bonds is 7. The van der Waals surface area contributed by atoms with Crippen LogP contribution in [0.3, 0.4) is 0 Å². The summed E-state index contributed by atoms with van der Waals surface area (Å²) in [6, 6.07) is 4.14. The highest BCUT2D eigenvalue weighted by Crippen LogP contribution is 2.44. The Morgan fingerprint density at radius 3 is 2.66 bits per heavy atom. The Morgan fingerprint density at radius 2 is 1.93 bits per heavy atom. The quantitative estimate of drug-likeness (QED) is 0.674. The van der Waals surface area contributed by atoms with Gasteiger partial charge in [-0.2, -0.15) is 0 Å². The number of furan rings is 1. The van der Waals surface area contributed by atoms with Crippen molar-refractivity contribution in [2.75, 3.05) is 19.7 Å². The van der Waals surface area contributed by atoms with Gasteiger partial charge in [-0.05, 0) is 80.0 Å². The molecule has 7 heteroatoms. The van der Waals surface area contributed by atoms with Crippen LogP contribution in [0.2, 0.25) is 5.22 Å². The lowest BCUT2D eigenvalue weighted by Gasteiger charge is -2.37. The van der Waals surface area contributed by atoms with Crippen molar-refractivity contribution in [2.24, 2.45) is 17.8 Å². The van der Waals surface area contributed by atoms with Crippen molar-refractivity contribution in [3.05, 3.63) is 35.0 Å². The molecule has 0 bridgehead atoms. The molecule has 1 saturated heterocycles. The van der Waals surface area contributed by atoms with Gasteiger partial charge in [0.1, 0.15) is 5.76 Å². The Labute approximate surface area is 176 Å². The molecule has 1 aliphatic heterocycles. The zero-order valence-corrected chi connectivity index (χ0v) is 17.5. The maximum atomic E-state index is 6.48. The highest BCUT2D eigenvalue weighted by Gasteiger charge is 2.44. The normalized spacial score (nSPS) is 32.6. The first-order valence-corrected chi connectivity index (χ1v) is 11.6. The fraction of sp³-hybridized carbons (Fsp3) is 0.727. The summed E-state index contributed by atoms with van der Waals surface area (Å²) in [7, 11) is 0. The summed E-state index contributed by atoms with van der Waals surface area (Å²) in [6.45, 7) is 3.98. The lowest BCUT2D eigenvalue weighted by Crippen LogP contribution is -2.38. The van der Waals surface area contributed by atoms with E-state index >= 15 is 0 Å². The van der Waals surface area contributed by atoms with E-state index in [9.17, 15) is 0 Å². The number of ether oxygens (including phenoxy) is 1. The van der Waals surface area contributed by atoms with Crippen molar-refractivity contribution >= 4 is 11.6 Å². The van der Waals surface area contributed by atoms with Crippen molar-refractivity contribution in [1.29, 1.82) is 0 Å². The lowest BCUT2D eigenvalue weighted by molar-refractivity contribution is -0.0375. The average Bonchev–Trinajstić information content (AvgIpc) is 3.61. The van der Waals surface area contributed by atoms with Gasteiger partial charge in [0.15, 0.2) is 5.22 Å². The third-order valence-electron chi connectivity index (χ3n) is 7.28. The molecular weight excluding hydrogens is 388 g/mol. The molecule has 4 atom stereocenters. The van der Waals surface area contributed by atoms with Crippen LogP contribution in [0.1, 0.15) is 61.9 Å². The summed E-state index contributed by atoms with van der Waals surface area (Å²) in [5.74, 6) is 3.76. The van der Waals surface area contributed by atoms with Gasteiger partial charge < -0.3 is 9.15 Å². The number of nitrogens with zero attached hydrogens (tertiary/aromatic N) is 4. The van der Waals surface area contributed by atoms with Crippen LogP contribution in [0.25, 0.3) is 0 Å². The Balaban J connectivity index is 1.17. The number of hydrogen-bond acceptors (Lipinski definition) is 5. The first-order valence-electron chi connectivity index (χ1n) is 11.2. The molecule has 29 heavy (non-hydrogen) atoms. The minimum atomic E-state index is 0.253. The first-order chi connectivity index (χ1) is 14.2. The molecule has 0 unspecified atom stereocenters. The monoisotopic (exact) mass is 416 g/mol. The Morgan fingerprint density at radius 1 is 1.10 bits per heavy atom. The number of likely N-dealkylation sites (tertiary alicyclic amines) is 1. The molecule has 0 aromatic carbocycles. The van der Waals surface area contributed by atoms with Crippen molar-refractivity contribution in [1.82, 2.24) is 19.9 Å². The molecule has 0 spiro atoms. The molecule has 2 aromatic rings. The maximum Gasteiger partial charge on any atom is 0.193 e. The Bertz CT molecular complexity index is 859. The van der Waals surface area contributed by atoms with Crippen LogP contribution in [-0.4, -0.2) is 45.7 Å². The van der Waals surface area contributed by atoms with Gasteiger partial charge >= 0.3 is 0 Å². The van der Waals surface area contributed by atoms with Crippen molar-refractivity contribution in [2.45, 2.75) is 63.1 Å². The van der Waals surface area contributed by atoms with E-state index in [0.717, 1.165) is 50.8 Å².